The van der Waals surface area contributed by atoms with E-state index in [1.807, 2.05) is 60.7 Å². The second-order valence-electron chi connectivity index (χ2n) is 15.1. The third kappa shape index (κ3) is 11.0. The fourth-order valence-electron chi connectivity index (χ4n) is 7.77. The summed E-state index contributed by atoms with van der Waals surface area (Å²) < 4.78 is 39.1. The van der Waals surface area contributed by atoms with Crippen molar-refractivity contribution in [3.63, 3.8) is 0 Å². The Hall–Kier alpha value is -5.67. The predicted octanol–water partition coefficient (Wildman–Crippen LogP) is 9.79. The maximum atomic E-state index is 15.4. The van der Waals surface area contributed by atoms with Gasteiger partial charge in [0.25, 0.3) is 0 Å². The van der Waals surface area contributed by atoms with Crippen LogP contribution < -0.4 is 21.3 Å². The highest BCUT2D eigenvalue weighted by molar-refractivity contribution is 6.33. The molecule has 8 rings (SSSR count). The molecule has 15 heteroatoms. The number of benzene rings is 4. The topological polar surface area (TPSA) is 116 Å². The van der Waals surface area contributed by atoms with Crippen molar-refractivity contribution in [3.8, 4) is 0 Å². The molecule has 4 aromatic carbocycles. The third-order valence-electron chi connectivity index (χ3n) is 10.8. The molecule has 0 aliphatic carbocycles. The highest BCUT2D eigenvalue weighted by Crippen LogP contribution is 2.36. The average Bonchev–Trinajstić information content (AvgIpc) is 3.28. The van der Waals surface area contributed by atoms with Crippen LogP contribution >= 0.6 is 23.2 Å². The Morgan fingerprint density at radius 3 is 1.44 bits per heavy atom. The first-order valence-corrected chi connectivity index (χ1v) is 21.2. The van der Waals surface area contributed by atoms with E-state index in [1.54, 1.807) is 36.7 Å². The number of anilines is 6. The number of aromatic nitrogens is 2. The van der Waals surface area contributed by atoms with Crippen LogP contribution in [-0.4, -0.2) is 78.2 Å². The Labute approximate surface area is 369 Å². The molecule has 2 saturated heterocycles. The fourth-order valence-corrected chi connectivity index (χ4v) is 8.11. The SMILES string of the molecule is O=C(C(c1cccc(Nc2cc(NCc3cccc(F)c3)c(Cl)cn2)c1)N1CCOCC1)C(c1cccc(Nc2cc(NCc3cccc(F)c3)c(Cl)cn2)c1)N1CCOCC1. The fraction of sp³-hybridized carbons (Fsp3) is 0.255. The van der Waals surface area contributed by atoms with Crippen LogP contribution in [0.4, 0.5) is 43.2 Å². The number of hydrogen-bond acceptors (Lipinski definition) is 11. The minimum absolute atomic E-state index is 0.0324. The van der Waals surface area contributed by atoms with Crippen molar-refractivity contribution in [2.75, 3.05) is 73.9 Å². The van der Waals surface area contributed by atoms with Crippen LogP contribution in [0.1, 0.15) is 34.3 Å². The molecular weight excluding hydrogens is 833 g/mol. The number of nitrogens with zero attached hydrogens (tertiary/aromatic N) is 4. The van der Waals surface area contributed by atoms with E-state index in [0.29, 0.717) is 98.8 Å². The van der Waals surface area contributed by atoms with Crippen LogP contribution in [0.15, 0.2) is 122 Å². The number of halogens is 4. The monoisotopic (exact) mass is 878 g/mol. The van der Waals surface area contributed by atoms with Gasteiger partial charge in [-0.25, -0.2) is 18.7 Å². The number of ether oxygens (including phenoxy) is 2. The predicted molar refractivity (Wildman–Crippen MR) is 241 cm³/mol. The van der Waals surface area contributed by atoms with Gasteiger partial charge in [-0.1, -0.05) is 71.7 Å². The number of rotatable bonds is 16. The van der Waals surface area contributed by atoms with Crippen LogP contribution in [0.3, 0.4) is 0 Å². The van der Waals surface area contributed by atoms with Crippen molar-refractivity contribution in [2.45, 2.75) is 25.2 Å². The molecular formula is C47H46Cl2F2N8O3. The lowest BCUT2D eigenvalue weighted by molar-refractivity contribution is -0.134. The van der Waals surface area contributed by atoms with Gasteiger partial charge in [-0.3, -0.25) is 14.6 Å². The van der Waals surface area contributed by atoms with E-state index in [-0.39, 0.29) is 17.4 Å². The molecule has 0 radical (unpaired) electrons. The number of morpholine rings is 2. The highest BCUT2D eigenvalue weighted by Gasteiger charge is 2.38. The molecule has 4 N–H and O–H groups in total. The molecule has 2 aromatic heterocycles. The van der Waals surface area contributed by atoms with Gasteiger partial charge in [0, 0.05) is 62.8 Å². The largest absolute Gasteiger partial charge is 0.380 e. The van der Waals surface area contributed by atoms with Gasteiger partial charge >= 0.3 is 0 Å². The number of ketones is 1. The number of hydrogen-bond donors (Lipinski definition) is 4. The summed E-state index contributed by atoms with van der Waals surface area (Å²) in [5.74, 6) is 0.507. The summed E-state index contributed by atoms with van der Waals surface area (Å²) in [7, 11) is 0. The summed E-state index contributed by atoms with van der Waals surface area (Å²) in [6.07, 6.45) is 3.12. The molecule has 0 amide bonds. The van der Waals surface area contributed by atoms with E-state index in [9.17, 15) is 8.78 Å². The zero-order valence-corrected chi connectivity index (χ0v) is 35.3. The first kappa shape index (κ1) is 43.0. The van der Waals surface area contributed by atoms with Crippen LogP contribution in [-0.2, 0) is 27.4 Å². The molecule has 2 atom stereocenters. The molecule has 320 valence electrons. The van der Waals surface area contributed by atoms with Crippen molar-refractivity contribution in [1.29, 1.82) is 0 Å². The summed E-state index contributed by atoms with van der Waals surface area (Å²) in [4.78, 5) is 28.9. The number of pyridine rings is 2. The zero-order valence-electron chi connectivity index (χ0n) is 33.8. The number of carbonyl (C=O) groups is 1. The molecule has 62 heavy (non-hydrogen) atoms. The lowest BCUT2D eigenvalue weighted by Crippen LogP contribution is -2.48. The van der Waals surface area contributed by atoms with E-state index in [1.165, 1.54) is 24.3 Å². The second kappa shape index (κ2) is 20.5. The van der Waals surface area contributed by atoms with Crippen LogP contribution in [0.25, 0.3) is 0 Å². The molecule has 11 nitrogen and oxygen atoms in total. The second-order valence-corrected chi connectivity index (χ2v) is 15.9. The van der Waals surface area contributed by atoms with Crippen LogP contribution in [0.2, 0.25) is 10.0 Å². The van der Waals surface area contributed by atoms with Gasteiger partial charge in [-0.05, 0) is 70.8 Å². The molecule has 0 saturated carbocycles. The van der Waals surface area contributed by atoms with Crippen molar-refractivity contribution in [2.24, 2.45) is 0 Å². The lowest BCUT2D eigenvalue weighted by Gasteiger charge is -2.40. The van der Waals surface area contributed by atoms with Crippen molar-refractivity contribution in [1.82, 2.24) is 19.8 Å². The van der Waals surface area contributed by atoms with Crippen molar-refractivity contribution >= 4 is 63.4 Å². The van der Waals surface area contributed by atoms with Gasteiger partial charge in [0.2, 0.25) is 0 Å². The molecule has 2 aliphatic rings. The lowest BCUT2D eigenvalue weighted by atomic mass is 9.90. The van der Waals surface area contributed by atoms with Crippen molar-refractivity contribution < 1.29 is 23.0 Å². The van der Waals surface area contributed by atoms with E-state index in [4.69, 9.17) is 32.7 Å². The number of Topliss-reactive ketones (excluding diaryl/α,β-unsaturated/α-hetero) is 1. The van der Waals surface area contributed by atoms with Gasteiger partial charge < -0.3 is 30.7 Å². The summed E-state index contributed by atoms with van der Waals surface area (Å²) in [5, 5.41) is 14.2. The van der Waals surface area contributed by atoms with E-state index < -0.39 is 12.1 Å². The van der Waals surface area contributed by atoms with Gasteiger partial charge in [0.15, 0.2) is 5.78 Å². The normalized spacial score (nSPS) is 15.7. The molecule has 0 bridgehead atoms. The summed E-state index contributed by atoms with van der Waals surface area (Å²) in [6, 6.07) is 30.9. The van der Waals surface area contributed by atoms with Gasteiger partial charge in [0.1, 0.15) is 23.3 Å². The summed E-state index contributed by atoms with van der Waals surface area (Å²) in [6.45, 7) is 5.13. The Balaban J connectivity index is 1.05. The Kier molecular flexibility index (Phi) is 14.2. The van der Waals surface area contributed by atoms with Gasteiger partial charge in [-0.2, -0.15) is 0 Å². The van der Waals surface area contributed by atoms with Crippen LogP contribution in [0, 0.1) is 11.6 Å². The molecule has 6 aromatic rings. The Morgan fingerprint density at radius 2 is 1.02 bits per heavy atom. The molecule has 2 fully saturated rings. The van der Waals surface area contributed by atoms with E-state index in [0.717, 1.165) is 33.6 Å². The van der Waals surface area contributed by atoms with Gasteiger partial charge in [-0.15, -0.1) is 0 Å². The molecule has 2 unspecified atom stereocenters. The Bertz CT molecular complexity index is 2320. The van der Waals surface area contributed by atoms with Crippen molar-refractivity contribution in [3.05, 3.63) is 166 Å². The van der Waals surface area contributed by atoms with Gasteiger partial charge in [0.05, 0.1) is 72.3 Å². The Morgan fingerprint density at radius 1 is 0.597 bits per heavy atom. The molecule has 2 aliphatic heterocycles. The summed E-state index contributed by atoms with van der Waals surface area (Å²) in [5.41, 5.74) is 5.98. The zero-order chi connectivity index (χ0) is 42.8. The quantitative estimate of drug-likeness (QED) is 0.0745. The molecule has 0 spiro atoms. The standard InChI is InChI=1S/C47H46Cl2F2N8O3/c48-39-29-54-43(25-41(39)52-27-31-5-1-9-35(50)21-31)56-37-11-3-7-33(23-37)45(58-13-17-61-18-14-58)47(60)46(59-15-19-62-20-16-59)34-8-4-12-38(24-34)57-44-26-42(40(49)30-55-44)53-28-32-6-2-10-36(51)22-32/h1-12,21-26,29-30,45-46H,13-20,27-28H2,(H2,52,54,56)(H2,53,55,57). The smallest absolute Gasteiger partial charge is 0.176 e. The van der Waals surface area contributed by atoms with E-state index in [2.05, 4.69) is 41.0 Å². The van der Waals surface area contributed by atoms with Crippen LogP contribution in [0.5, 0.6) is 0 Å². The first-order chi connectivity index (χ1) is 30.3. The minimum atomic E-state index is -0.601. The number of carbonyl (C=O) groups excluding carboxylic acids is 1. The maximum Gasteiger partial charge on any atom is 0.176 e. The summed E-state index contributed by atoms with van der Waals surface area (Å²) >= 11 is 13.0. The number of nitrogens with one attached hydrogen (secondary N) is 4. The first-order valence-electron chi connectivity index (χ1n) is 20.4. The highest BCUT2D eigenvalue weighted by atomic mass is 35.5. The average molecular weight is 880 g/mol. The third-order valence-corrected chi connectivity index (χ3v) is 11.4. The maximum absolute atomic E-state index is 15.4. The molecule has 4 heterocycles. The minimum Gasteiger partial charge on any atom is -0.380 e. The van der Waals surface area contributed by atoms with E-state index >= 15 is 4.79 Å².